The van der Waals surface area contributed by atoms with Crippen LogP contribution in [0.5, 0.6) is 0 Å². The topological polar surface area (TPSA) is 86.1 Å². The molecule has 0 aliphatic heterocycles. The quantitative estimate of drug-likeness (QED) is 0.492. The molecule has 1 aromatic heterocycles. The van der Waals surface area contributed by atoms with Crippen LogP contribution in [-0.4, -0.2) is 29.9 Å². The number of hydrogen-bond acceptors (Lipinski definition) is 5. The first-order valence-corrected chi connectivity index (χ1v) is 7.16. The second-order valence-electron chi connectivity index (χ2n) is 3.99. The molecule has 0 atom stereocenters. The van der Waals surface area contributed by atoms with Gasteiger partial charge < -0.3 is 5.32 Å². The van der Waals surface area contributed by atoms with Gasteiger partial charge in [0.2, 0.25) is 5.91 Å². The molecule has 0 unspecified atom stereocenters. The van der Waals surface area contributed by atoms with Crippen molar-refractivity contribution in [3.8, 4) is 6.07 Å². The molecule has 0 saturated heterocycles. The lowest BCUT2D eigenvalue weighted by atomic mass is 10.2. The summed E-state index contributed by atoms with van der Waals surface area (Å²) >= 11 is 1.28. The van der Waals surface area contributed by atoms with Gasteiger partial charge >= 0.3 is 0 Å². The highest BCUT2D eigenvalue weighted by atomic mass is 32.1. The van der Waals surface area contributed by atoms with E-state index in [0.29, 0.717) is 17.4 Å². The van der Waals surface area contributed by atoms with Gasteiger partial charge in [0.1, 0.15) is 11.6 Å². The molecule has 21 heavy (non-hydrogen) atoms. The Balaban J connectivity index is 2.96. The zero-order valence-electron chi connectivity index (χ0n) is 11.9. The summed E-state index contributed by atoms with van der Waals surface area (Å²) in [4.78, 5) is 28.9. The number of aromatic nitrogens is 1. The number of rotatable bonds is 6. The van der Waals surface area contributed by atoms with Crippen molar-refractivity contribution in [1.82, 2.24) is 10.3 Å². The summed E-state index contributed by atoms with van der Waals surface area (Å²) in [6.07, 6.45) is 2.92. The van der Waals surface area contributed by atoms with E-state index in [1.165, 1.54) is 35.3 Å². The highest BCUT2D eigenvalue weighted by molar-refractivity contribution is 7.14. The number of carbonyl (C=O) groups is 2. The van der Waals surface area contributed by atoms with Gasteiger partial charge in [-0.25, -0.2) is 4.98 Å². The number of nitrogens with one attached hydrogen (secondary N) is 1. The summed E-state index contributed by atoms with van der Waals surface area (Å²) in [5, 5.41) is 13.8. The monoisotopic (exact) mass is 304 g/mol. The summed E-state index contributed by atoms with van der Waals surface area (Å²) < 4.78 is 0. The van der Waals surface area contributed by atoms with Crippen LogP contribution in [0.25, 0.3) is 6.08 Å². The summed E-state index contributed by atoms with van der Waals surface area (Å²) in [7, 11) is 0. The van der Waals surface area contributed by atoms with Gasteiger partial charge in [0.05, 0.1) is 5.69 Å². The Kier molecular flexibility index (Phi) is 6.30. The molecule has 0 bridgehead atoms. The molecule has 2 amide bonds. The van der Waals surface area contributed by atoms with Crippen molar-refractivity contribution in [2.45, 2.75) is 13.8 Å². The predicted octanol–water partition coefficient (Wildman–Crippen LogP) is 1.73. The lowest BCUT2D eigenvalue weighted by Crippen LogP contribution is -2.27. The van der Waals surface area contributed by atoms with E-state index in [1.807, 2.05) is 13.0 Å². The van der Waals surface area contributed by atoms with Gasteiger partial charge in [0.25, 0.3) is 5.91 Å². The molecule has 1 aromatic rings. The number of hydrogen-bond donors (Lipinski definition) is 1. The molecule has 0 aliphatic carbocycles. The van der Waals surface area contributed by atoms with E-state index in [0.717, 1.165) is 0 Å². The predicted molar refractivity (Wildman–Crippen MR) is 82.6 cm³/mol. The molecule has 0 radical (unpaired) electrons. The van der Waals surface area contributed by atoms with Gasteiger partial charge in [-0.3, -0.25) is 14.5 Å². The van der Waals surface area contributed by atoms with E-state index < -0.39 is 5.91 Å². The fraction of sp³-hybridized carbons (Fsp3) is 0.286. The molecule has 0 aliphatic rings. The third kappa shape index (κ3) is 4.54. The van der Waals surface area contributed by atoms with Crippen molar-refractivity contribution in [1.29, 1.82) is 5.26 Å². The van der Waals surface area contributed by atoms with Gasteiger partial charge in [0.15, 0.2) is 5.13 Å². The van der Waals surface area contributed by atoms with Gasteiger partial charge in [-0.05, 0) is 13.0 Å². The lowest BCUT2D eigenvalue weighted by molar-refractivity contribution is -0.117. The Morgan fingerprint density at radius 1 is 1.62 bits per heavy atom. The maximum absolute atomic E-state index is 11.7. The van der Waals surface area contributed by atoms with Crippen LogP contribution in [0.4, 0.5) is 5.13 Å². The van der Waals surface area contributed by atoms with Crippen molar-refractivity contribution in [2.75, 3.05) is 18.0 Å². The number of nitriles is 1. The minimum absolute atomic E-state index is 0.0421. The van der Waals surface area contributed by atoms with Crippen molar-refractivity contribution >= 4 is 34.4 Å². The molecule has 110 valence electrons. The Hall–Kier alpha value is -2.46. The van der Waals surface area contributed by atoms with Crippen molar-refractivity contribution < 1.29 is 9.59 Å². The van der Waals surface area contributed by atoms with E-state index in [9.17, 15) is 9.59 Å². The Morgan fingerprint density at radius 3 is 2.86 bits per heavy atom. The molecule has 1 heterocycles. The number of thiazole rings is 1. The first-order chi connectivity index (χ1) is 10.0. The number of nitrogens with zero attached hydrogens (tertiary/aromatic N) is 3. The normalized spacial score (nSPS) is 10.6. The standard InChI is InChI=1S/C14H16N4O2S/c1-4-6-16-13(20)11(8-15)7-12-9-21-14(17-12)18(5-2)10(3)19/h4,7,9H,1,5-6H2,2-3H3,(H,16,20)/b11-7-. The van der Waals surface area contributed by atoms with Crippen molar-refractivity contribution in [2.24, 2.45) is 0 Å². The number of amides is 2. The Bertz CT molecular complexity index is 613. The molecule has 1 rings (SSSR count). The highest BCUT2D eigenvalue weighted by Gasteiger charge is 2.14. The second kappa shape index (κ2) is 7.97. The third-order valence-electron chi connectivity index (χ3n) is 2.50. The van der Waals surface area contributed by atoms with E-state index in [2.05, 4.69) is 16.9 Å². The lowest BCUT2D eigenvalue weighted by Gasteiger charge is -2.14. The minimum atomic E-state index is -0.481. The molecular formula is C14H16N4O2S. The Labute approximate surface area is 127 Å². The molecular weight excluding hydrogens is 288 g/mol. The van der Waals surface area contributed by atoms with Crippen LogP contribution in [0.15, 0.2) is 23.6 Å². The SMILES string of the molecule is C=CCNC(=O)/C(C#N)=C\c1csc(N(CC)C(C)=O)n1. The Morgan fingerprint density at radius 2 is 2.33 bits per heavy atom. The highest BCUT2D eigenvalue weighted by Crippen LogP contribution is 2.22. The summed E-state index contributed by atoms with van der Waals surface area (Å²) in [5.41, 5.74) is 0.430. The second-order valence-corrected chi connectivity index (χ2v) is 4.82. The van der Waals surface area contributed by atoms with Gasteiger partial charge in [-0.15, -0.1) is 17.9 Å². The van der Waals surface area contributed by atoms with Crippen LogP contribution in [0.3, 0.4) is 0 Å². The number of carbonyl (C=O) groups excluding carboxylic acids is 2. The van der Waals surface area contributed by atoms with Gasteiger partial charge in [-0.1, -0.05) is 6.08 Å². The summed E-state index contributed by atoms with van der Waals surface area (Å²) in [6, 6.07) is 1.83. The molecule has 0 spiro atoms. The van der Waals surface area contributed by atoms with Crippen LogP contribution >= 0.6 is 11.3 Å². The molecule has 6 nitrogen and oxygen atoms in total. The van der Waals surface area contributed by atoms with Crippen LogP contribution in [0.2, 0.25) is 0 Å². The van der Waals surface area contributed by atoms with Crippen LogP contribution in [0, 0.1) is 11.3 Å². The van der Waals surface area contributed by atoms with Crippen LogP contribution in [-0.2, 0) is 9.59 Å². The zero-order valence-corrected chi connectivity index (χ0v) is 12.7. The smallest absolute Gasteiger partial charge is 0.262 e. The fourth-order valence-electron chi connectivity index (χ4n) is 1.52. The summed E-state index contributed by atoms with van der Waals surface area (Å²) in [6.45, 7) is 7.59. The molecule has 0 fully saturated rings. The zero-order chi connectivity index (χ0) is 15.8. The molecule has 0 aromatic carbocycles. The maximum atomic E-state index is 11.7. The van der Waals surface area contributed by atoms with Crippen LogP contribution in [0.1, 0.15) is 19.5 Å². The fourth-order valence-corrected chi connectivity index (χ4v) is 2.41. The first-order valence-electron chi connectivity index (χ1n) is 6.28. The van der Waals surface area contributed by atoms with E-state index >= 15 is 0 Å². The minimum Gasteiger partial charge on any atom is -0.348 e. The van der Waals surface area contributed by atoms with E-state index in [4.69, 9.17) is 5.26 Å². The average molecular weight is 304 g/mol. The molecule has 0 saturated carbocycles. The van der Waals surface area contributed by atoms with Crippen LogP contribution < -0.4 is 10.2 Å². The van der Waals surface area contributed by atoms with Gasteiger partial charge in [-0.2, -0.15) is 5.26 Å². The van der Waals surface area contributed by atoms with E-state index in [-0.39, 0.29) is 18.0 Å². The van der Waals surface area contributed by atoms with Gasteiger partial charge in [0, 0.05) is 25.4 Å². The maximum Gasteiger partial charge on any atom is 0.262 e. The third-order valence-corrected chi connectivity index (χ3v) is 3.38. The average Bonchev–Trinajstić information content (AvgIpc) is 2.90. The van der Waals surface area contributed by atoms with Crippen molar-refractivity contribution in [3.63, 3.8) is 0 Å². The van der Waals surface area contributed by atoms with Crippen molar-refractivity contribution in [3.05, 3.63) is 29.3 Å². The largest absolute Gasteiger partial charge is 0.348 e. The first kappa shape index (κ1) is 16.6. The molecule has 7 heteroatoms. The molecule has 1 N–H and O–H groups in total. The van der Waals surface area contributed by atoms with E-state index in [1.54, 1.807) is 5.38 Å². The number of anilines is 1. The summed E-state index contributed by atoms with van der Waals surface area (Å²) in [5.74, 6) is -0.586.